The van der Waals surface area contributed by atoms with E-state index >= 15 is 0 Å². The maximum Gasteiger partial charge on any atom is 0.160 e. The first kappa shape index (κ1) is 39.7. The Morgan fingerprint density at radius 2 is 0.980 bits per heavy atom. The first-order valence-corrected chi connectivity index (χ1v) is 16.6. The van der Waals surface area contributed by atoms with E-state index in [4.69, 9.17) is 46.9 Å². The summed E-state index contributed by atoms with van der Waals surface area (Å²) in [5, 5.41) is 30.2. The van der Waals surface area contributed by atoms with Gasteiger partial charge in [0, 0.05) is 77.1 Å². The summed E-state index contributed by atoms with van der Waals surface area (Å²) < 4.78 is 28.3. The molecule has 0 aromatic heterocycles. The predicted octanol–water partition coefficient (Wildman–Crippen LogP) is 7.04. The average Bonchev–Trinajstić information content (AvgIpc) is 3.07. The number of benzene rings is 3. The minimum absolute atomic E-state index is 0.0806. The van der Waals surface area contributed by atoms with E-state index < -0.39 is 11.9 Å². The number of anilines is 2. The highest BCUT2D eigenvalue weighted by molar-refractivity contribution is 6.44. The van der Waals surface area contributed by atoms with Gasteiger partial charge in [-0.1, -0.05) is 23.2 Å². The number of aryl methyl sites for hydroxylation is 4. The van der Waals surface area contributed by atoms with Gasteiger partial charge in [0.1, 0.15) is 33.3 Å². The van der Waals surface area contributed by atoms with Crippen molar-refractivity contribution in [1.29, 1.82) is 10.5 Å². The Kier molecular flexibility index (Phi) is 15.3. The molecule has 3 aromatic carbocycles. The van der Waals surface area contributed by atoms with Crippen LogP contribution in [0.25, 0.3) is 0 Å². The van der Waals surface area contributed by atoms with Crippen molar-refractivity contribution in [2.24, 2.45) is 0 Å². The number of phenolic OH excluding ortho intramolecular Hbond substituents is 1. The summed E-state index contributed by atoms with van der Waals surface area (Å²) in [6.07, 6.45) is -0.780. The van der Waals surface area contributed by atoms with E-state index in [-0.39, 0.29) is 26.9 Å². The van der Waals surface area contributed by atoms with Crippen molar-refractivity contribution in [3.8, 4) is 23.6 Å². The van der Waals surface area contributed by atoms with Crippen LogP contribution < -0.4 is 14.5 Å². The predicted molar refractivity (Wildman–Crippen MR) is 194 cm³/mol. The highest BCUT2D eigenvalue weighted by Gasteiger charge is 2.31. The molecule has 12 heteroatoms. The fourth-order valence-electron chi connectivity index (χ4n) is 6.00. The number of methoxy groups -OCH3 is 4. The van der Waals surface area contributed by atoms with Crippen molar-refractivity contribution < 1.29 is 28.8 Å². The van der Waals surface area contributed by atoms with E-state index in [0.717, 1.165) is 44.8 Å². The lowest BCUT2D eigenvalue weighted by atomic mass is 9.87. The third kappa shape index (κ3) is 9.29. The summed E-state index contributed by atoms with van der Waals surface area (Å²) in [4.78, 5) is 4.41. The van der Waals surface area contributed by atoms with Crippen molar-refractivity contribution in [1.82, 2.24) is 0 Å². The summed E-state index contributed by atoms with van der Waals surface area (Å²) in [7, 11) is 6.70. The minimum atomic E-state index is -0.780. The molecule has 0 spiro atoms. The fourth-order valence-corrected chi connectivity index (χ4v) is 6.41. The van der Waals surface area contributed by atoms with Crippen LogP contribution in [0.4, 0.5) is 11.4 Å². The molecule has 0 unspecified atom stereocenters. The van der Waals surface area contributed by atoms with Crippen LogP contribution in [0.1, 0.15) is 50.6 Å². The van der Waals surface area contributed by atoms with Gasteiger partial charge >= 0.3 is 0 Å². The van der Waals surface area contributed by atoms with Crippen molar-refractivity contribution in [2.45, 2.75) is 33.8 Å². The first-order chi connectivity index (χ1) is 23.5. The average molecular weight is 714 g/mol. The van der Waals surface area contributed by atoms with E-state index in [0.29, 0.717) is 52.6 Å². The van der Waals surface area contributed by atoms with Gasteiger partial charge < -0.3 is 38.6 Å². The van der Waals surface area contributed by atoms with E-state index in [1.807, 2.05) is 39.8 Å². The summed E-state index contributed by atoms with van der Waals surface area (Å²) in [6.45, 7) is 12.9. The summed E-state index contributed by atoms with van der Waals surface area (Å²) in [5.74, 6) is -0.648. The smallest absolute Gasteiger partial charge is 0.160 e. The highest BCUT2D eigenvalue weighted by Crippen LogP contribution is 2.47. The summed E-state index contributed by atoms with van der Waals surface area (Å²) in [5.41, 5.74) is 6.95. The lowest BCUT2D eigenvalue weighted by Gasteiger charge is -2.31. The van der Waals surface area contributed by atoms with Crippen LogP contribution in [-0.4, -0.2) is 86.2 Å². The van der Waals surface area contributed by atoms with E-state index in [1.54, 1.807) is 28.4 Å². The molecular formula is C37H46Cl2N4O6. The Morgan fingerprint density at radius 3 is 1.29 bits per heavy atom. The first-order valence-electron chi connectivity index (χ1n) is 15.9. The van der Waals surface area contributed by atoms with Gasteiger partial charge in [-0.2, -0.15) is 10.5 Å². The minimum Gasteiger partial charge on any atom is -0.505 e. The van der Waals surface area contributed by atoms with Crippen LogP contribution >= 0.6 is 23.2 Å². The van der Waals surface area contributed by atoms with Gasteiger partial charge in [0.25, 0.3) is 0 Å². The zero-order valence-corrected chi connectivity index (χ0v) is 31.1. The molecule has 49 heavy (non-hydrogen) atoms. The normalized spacial score (nSPS) is 11.0. The Hall–Kier alpha value is -3.74. The van der Waals surface area contributed by atoms with Gasteiger partial charge in [-0.05, 0) is 74.2 Å². The summed E-state index contributed by atoms with van der Waals surface area (Å²) >= 11 is 13.1. The number of hydrogen-bond donors (Lipinski definition) is 1. The maximum atomic E-state index is 10.6. The van der Waals surface area contributed by atoms with Crippen LogP contribution in [0, 0.1) is 50.4 Å². The second kappa shape index (κ2) is 18.9. The molecular weight excluding hydrogens is 667 g/mol. The number of phenols is 1. The van der Waals surface area contributed by atoms with E-state index in [2.05, 4.69) is 34.1 Å². The molecule has 0 amide bonds. The van der Waals surface area contributed by atoms with E-state index in [1.165, 1.54) is 0 Å². The third-order valence-electron chi connectivity index (χ3n) is 8.45. The van der Waals surface area contributed by atoms with Crippen LogP contribution in [-0.2, 0) is 18.9 Å². The monoisotopic (exact) mass is 712 g/mol. The molecule has 0 heterocycles. The molecule has 0 bridgehead atoms. The van der Waals surface area contributed by atoms with Crippen molar-refractivity contribution >= 4 is 34.6 Å². The van der Waals surface area contributed by atoms with Crippen LogP contribution in [0.3, 0.4) is 0 Å². The fraction of sp³-hybridized carbons (Fsp3) is 0.459. The second-order valence-corrected chi connectivity index (χ2v) is 12.5. The van der Waals surface area contributed by atoms with Gasteiger partial charge in [-0.3, -0.25) is 0 Å². The maximum absolute atomic E-state index is 10.6. The van der Waals surface area contributed by atoms with Crippen molar-refractivity contribution in [3.63, 3.8) is 0 Å². The largest absolute Gasteiger partial charge is 0.505 e. The van der Waals surface area contributed by atoms with Crippen molar-refractivity contribution in [2.75, 3.05) is 90.8 Å². The molecule has 0 atom stereocenters. The van der Waals surface area contributed by atoms with Crippen molar-refractivity contribution in [3.05, 3.63) is 78.8 Å². The molecule has 0 fully saturated rings. The summed E-state index contributed by atoms with van der Waals surface area (Å²) in [6, 6.07) is 12.3. The Bertz CT molecular complexity index is 1550. The van der Waals surface area contributed by atoms with Crippen LogP contribution in [0.15, 0.2) is 24.3 Å². The molecule has 0 aliphatic carbocycles. The van der Waals surface area contributed by atoms with Crippen LogP contribution in [0.5, 0.6) is 11.5 Å². The van der Waals surface area contributed by atoms with Gasteiger partial charge in [-0.25, -0.2) is 0 Å². The number of halogens is 2. The molecule has 10 nitrogen and oxygen atoms in total. The Labute approximate surface area is 300 Å². The second-order valence-electron chi connectivity index (χ2n) is 11.7. The number of ether oxygens (including phenoxy) is 5. The molecule has 0 aliphatic rings. The third-order valence-corrected chi connectivity index (χ3v) is 9.27. The lowest BCUT2D eigenvalue weighted by Crippen LogP contribution is -2.31. The topological polar surface area (TPSA) is 120 Å². The quantitative estimate of drug-likeness (QED) is 0.147. The van der Waals surface area contributed by atoms with Gasteiger partial charge in [0.05, 0.1) is 26.4 Å². The number of aromatic hydroxyl groups is 1. The highest BCUT2D eigenvalue weighted by atomic mass is 35.5. The lowest BCUT2D eigenvalue weighted by molar-refractivity contribution is 0.190. The van der Waals surface area contributed by atoms with Gasteiger partial charge in [-0.15, -0.1) is 0 Å². The molecule has 264 valence electrons. The molecule has 0 saturated carbocycles. The molecule has 0 saturated heterocycles. The Balaban J connectivity index is 2.32. The number of nitriles is 2. The standard InChI is InChI=1S/C37H46Cl2N4O6/c1-23-17-27(42(9-13-45-5)10-14-46-6)18-24(2)31(23)37(49-36-30(22-41)29(21-40)35(44)33(38)34(36)39)32-25(3)19-28(20-26(32)4)43(11-15-47-7)12-16-48-8/h17-20,37,44H,9-16H2,1-8H3. The molecule has 0 aliphatic heterocycles. The zero-order valence-electron chi connectivity index (χ0n) is 29.6. The van der Waals surface area contributed by atoms with Crippen LogP contribution in [0.2, 0.25) is 10.0 Å². The number of hydrogen-bond acceptors (Lipinski definition) is 10. The Morgan fingerprint density at radius 1 is 0.633 bits per heavy atom. The zero-order chi connectivity index (χ0) is 36.2. The molecule has 0 radical (unpaired) electrons. The van der Waals surface area contributed by atoms with Gasteiger partial charge in [0.2, 0.25) is 0 Å². The molecule has 1 N–H and O–H groups in total. The SMILES string of the molecule is COCCN(CCOC)c1cc(C)c(C(Oc2c(Cl)c(Cl)c(O)c(C#N)c2C#N)c2c(C)cc(N(CCOC)CCOC)cc2C)c(C)c1. The van der Waals surface area contributed by atoms with E-state index in [9.17, 15) is 15.6 Å². The van der Waals surface area contributed by atoms with Gasteiger partial charge in [0.15, 0.2) is 17.6 Å². The molecule has 3 aromatic rings. The number of nitrogens with zero attached hydrogens (tertiary/aromatic N) is 4. The molecule has 3 rings (SSSR count). The number of rotatable bonds is 18.